The van der Waals surface area contributed by atoms with Crippen LogP contribution in [0, 0.1) is 6.92 Å². The topological polar surface area (TPSA) is 47.3 Å². The Labute approximate surface area is 108 Å². The third-order valence-electron chi connectivity index (χ3n) is 2.85. The van der Waals surface area contributed by atoms with Gasteiger partial charge in [-0.3, -0.25) is 0 Å². The van der Waals surface area contributed by atoms with Crippen LogP contribution in [0.2, 0.25) is 0 Å². The van der Waals surface area contributed by atoms with E-state index in [1.54, 1.807) is 7.11 Å². The summed E-state index contributed by atoms with van der Waals surface area (Å²) < 4.78 is 5.19. The van der Waals surface area contributed by atoms with Gasteiger partial charge in [0.1, 0.15) is 5.75 Å². The maximum absolute atomic E-state index is 5.77. The number of hydrogen-bond acceptors (Lipinski definition) is 3. The Morgan fingerprint density at radius 1 is 1.11 bits per heavy atom. The van der Waals surface area contributed by atoms with Crippen LogP contribution >= 0.6 is 0 Å². The first-order chi connectivity index (χ1) is 8.69. The van der Waals surface area contributed by atoms with Crippen LogP contribution in [0.15, 0.2) is 42.5 Å². The normalized spacial score (nSPS) is 10.1. The number of anilines is 2. The Morgan fingerprint density at radius 2 is 1.83 bits per heavy atom. The smallest absolute Gasteiger partial charge is 0.143 e. The van der Waals surface area contributed by atoms with E-state index >= 15 is 0 Å². The summed E-state index contributed by atoms with van der Waals surface area (Å²) in [6.45, 7) is 2.87. The average Bonchev–Trinajstić information content (AvgIpc) is 2.39. The van der Waals surface area contributed by atoms with Crippen molar-refractivity contribution in [2.45, 2.75) is 13.5 Å². The molecule has 0 saturated heterocycles. The molecule has 18 heavy (non-hydrogen) atoms. The summed E-state index contributed by atoms with van der Waals surface area (Å²) in [5.74, 6) is 0.698. The number of nitrogen functional groups attached to an aromatic ring is 1. The lowest BCUT2D eigenvalue weighted by atomic mass is 10.1. The zero-order valence-electron chi connectivity index (χ0n) is 10.7. The fourth-order valence-electron chi connectivity index (χ4n) is 1.73. The van der Waals surface area contributed by atoms with Crippen molar-refractivity contribution in [2.24, 2.45) is 0 Å². The van der Waals surface area contributed by atoms with Gasteiger partial charge in [-0.1, -0.05) is 29.8 Å². The van der Waals surface area contributed by atoms with E-state index in [4.69, 9.17) is 10.5 Å². The highest BCUT2D eigenvalue weighted by Crippen LogP contribution is 2.25. The van der Waals surface area contributed by atoms with E-state index in [1.807, 2.05) is 18.2 Å². The summed E-state index contributed by atoms with van der Waals surface area (Å²) in [5.41, 5.74) is 9.94. The van der Waals surface area contributed by atoms with Gasteiger partial charge in [-0.2, -0.15) is 0 Å². The van der Waals surface area contributed by atoms with Crippen molar-refractivity contribution >= 4 is 11.4 Å². The third kappa shape index (κ3) is 2.94. The van der Waals surface area contributed by atoms with Crippen molar-refractivity contribution in [1.29, 1.82) is 0 Å². The molecule has 94 valence electrons. The van der Waals surface area contributed by atoms with Crippen molar-refractivity contribution < 1.29 is 4.74 Å². The quantitative estimate of drug-likeness (QED) is 0.809. The molecule has 2 rings (SSSR count). The average molecular weight is 242 g/mol. The first-order valence-corrected chi connectivity index (χ1v) is 5.92. The maximum atomic E-state index is 5.77. The minimum absolute atomic E-state index is 0.651. The molecule has 3 N–H and O–H groups in total. The van der Waals surface area contributed by atoms with Crippen LogP contribution in [0.1, 0.15) is 11.1 Å². The highest BCUT2D eigenvalue weighted by molar-refractivity contribution is 5.61. The Balaban J connectivity index is 2.04. The molecule has 0 aromatic heterocycles. The molecule has 0 atom stereocenters. The van der Waals surface area contributed by atoms with Crippen LogP contribution in [-0.2, 0) is 6.54 Å². The number of methoxy groups -OCH3 is 1. The van der Waals surface area contributed by atoms with E-state index < -0.39 is 0 Å². The van der Waals surface area contributed by atoms with Crippen LogP contribution in [0.25, 0.3) is 0 Å². The van der Waals surface area contributed by atoms with Crippen LogP contribution in [-0.4, -0.2) is 7.11 Å². The van der Waals surface area contributed by atoms with Crippen LogP contribution in [0.4, 0.5) is 11.4 Å². The number of rotatable bonds is 4. The molecule has 0 aliphatic heterocycles. The standard InChI is InChI=1S/C15H18N2O/c1-11-3-5-12(6-4-11)10-17-13-7-8-14(16)15(9-13)18-2/h3-9,17H,10,16H2,1-2H3. The van der Waals surface area contributed by atoms with Gasteiger partial charge in [0, 0.05) is 18.3 Å². The lowest BCUT2D eigenvalue weighted by Crippen LogP contribution is -2.00. The van der Waals surface area contributed by atoms with Gasteiger partial charge in [-0.25, -0.2) is 0 Å². The summed E-state index contributed by atoms with van der Waals surface area (Å²) in [4.78, 5) is 0. The molecule has 0 bridgehead atoms. The van der Waals surface area contributed by atoms with Gasteiger partial charge in [-0.15, -0.1) is 0 Å². The van der Waals surface area contributed by atoms with E-state index in [0.717, 1.165) is 12.2 Å². The molecule has 0 fully saturated rings. The minimum atomic E-state index is 0.651. The van der Waals surface area contributed by atoms with E-state index in [9.17, 15) is 0 Å². The molecule has 0 unspecified atom stereocenters. The molecule has 3 nitrogen and oxygen atoms in total. The molecule has 2 aromatic rings. The van der Waals surface area contributed by atoms with Crippen molar-refractivity contribution in [2.75, 3.05) is 18.2 Å². The molecule has 0 aliphatic carbocycles. The lowest BCUT2D eigenvalue weighted by molar-refractivity contribution is 0.417. The second-order valence-electron chi connectivity index (χ2n) is 4.30. The first kappa shape index (κ1) is 12.3. The number of hydrogen-bond donors (Lipinski definition) is 2. The van der Waals surface area contributed by atoms with E-state index in [-0.39, 0.29) is 0 Å². The lowest BCUT2D eigenvalue weighted by Gasteiger charge is -2.10. The van der Waals surface area contributed by atoms with Crippen LogP contribution in [0.3, 0.4) is 0 Å². The van der Waals surface area contributed by atoms with Gasteiger partial charge in [-0.05, 0) is 24.6 Å². The molecule has 0 amide bonds. The molecule has 3 heteroatoms. The Morgan fingerprint density at radius 3 is 2.50 bits per heavy atom. The third-order valence-corrected chi connectivity index (χ3v) is 2.85. The molecule has 2 aromatic carbocycles. The fourth-order valence-corrected chi connectivity index (χ4v) is 1.73. The first-order valence-electron chi connectivity index (χ1n) is 5.92. The molecule has 0 spiro atoms. The van der Waals surface area contributed by atoms with Gasteiger partial charge in [0.05, 0.1) is 12.8 Å². The summed E-state index contributed by atoms with van der Waals surface area (Å²) in [6, 6.07) is 14.2. The van der Waals surface area contributed by atoms with Gasteiger partial charge < -0.3 is 15.8 Å². The van der Waals surface area contributed by atoms with Gasteiger partial charge in [0.25, 0.3) is 0 Å². The zero-order chi connectivity index (χ0) is 13.0. The van der Waals surface area contributed by atoms with Crippen LogP contribution < -0.4 is 15.8 Å². The maximum Gasteiger partial charge on any atom is 0.143 e. The van der Waals surface area contributed by atoms with Gasteiger partial charge >= 0.3 is 0 Å². The Kier molecular flexibility index (Phi) is 3.72. The van der Waals surface area contributed by atoms with Gasteiger partial charge in [0.15, 0.2) is 0 Å². The Bertz CT molecular complexity index is 521. The summed E-state index contributed by atoms with van der Waals surface area (Å²) in [7, 11) is 1.62. The Hall–Kier alpha value is -2.16. The number of nitrogens with two attached hydrogens (primary N) is 1. The molecule has 0 saturated carbocycles. The number of ether oxygens (including phenoxy) is 1. The number of benzene rings is 2. The monoisotopic (exact) mass is 242 g/mol. The van der Waals surface area contributed by atoms with Crippen molar-refractivity contribution in [3.05, 3.63) is 53.6 Å². The number of nitrogens with one attached hydrogen (secondary N) is 1. The highest BCUT2D eigenvalue weighted by Gasteiger charge is 2.00. The highest BCUT2D eigenvalue weighted by atomic mass is 16.5. The number of aryl methyl sites for hydroxylation is 1. The van der Waals surface area contributed by atoms with Crippen molar-refractivity contribution in [3.8, 4) is 5.75 Å². The predicted molar refractivity (Wildman–Crippen MR) is 75.9 cm³/mol. The SMILES string of the molecule is COc1cc(NCc2ccc(C)cc2)ccc1N. The molecular weight excluding hydrogens is 224 g/mol. The largest absolute Gasteiger partial charge is 0.495 e. The second kappa shape index (κ2) is 5.45. The van der Waals surface area contributed by atoms with Crippen LogP contribution in [0.5, 0.6) is 5.75 Å². The molecule has 0 heterocycles. The second-order valence-corrected chi connectivity index (χ2v) is 4.30. The predicted octanol–water partition coefficient (Wildman–Crippen LogP) is 3.20. The molecular formula is C15H18N2O. The minimum Gasteiger partial charge on any atom is -0.495 e. The van der Waals surface area contributed by atoms with Crippen molar-refractivity contribution in [1.82, 2.24) is 0 Å². The zero-order valence-corrected chi connectivity index (χ0v) is 10.7. The summed E-state index contributed by atoms with van der Waals surface area (Å²) >= 11 is 0. The van der Waals surface area contributed by atoms with Gasteiger partial charge in [0.2, 0.25) is 0 Å². The van der Waals surface area contributed by atoms with E-state index in [0.29, 0.717) is 11.4 Å². The van der Waals surface area contributed by atoms with Crippen molar-refractivity contribution in [3.63, 3.8) is 0 Å². The summed E-state index contributed by atoms with van der Waals surface area (Å²) in [5, 5.41) is 3.35. The van der Waals surface area contributed by atoms with E-state index in [1.165, 1.54) is 11.1 Å². The summed E-state index contributed by atoms with van der Waals surface area (Å²) in [6.07, 6.45) is 0. The fraction of sp³-hybridized carbons (Fsp3) is 0.200. The van der Waals surface area contributed by atoms with E-state index in [2.05, 4.69) is 36.5 Å². The molecule has 0 aliphatic rings. The molecule has 0 radical (unpaired) electrons.